The molecule has 8 heteroatoms. The van der Waals surface area contributed by atoms with Crippen LogP contribution in [-0.4, -0.2) is 42.2 Å². The van der Waals surface area contributed by atoms with Gasteiger partial charge in [-0.15, -0.1) is 11.3 Å². The van der Waals surface area contributed by atoms with Gasteiger partial charge in [0.25, 0.3) is 0 Å². The van der Waals surface area contributed by atoms with Gasteiger partial charge in [0.1, 0.15) is 11.0 Å². The van der Waals surface area contributed by atoms with Gasteiger partial charge in [0.15, 0.2) is 11.5 Å². The zero-order valence-electron chi connectivity index (χ0n) is 15.1. The Hall–Kier alpha value is -2.61. The molecule has 140 valence electrons. The summed E-state index contributed by atoms with van der Waals surface area (Å²) in [5, 5.41) is 14.2. The Balaban J connectivity index is 2.16. The quantitative estimate of drug-likeness (QED) is 0.733. The lowest BCUT2D eigenvalue weighted by atomic mass is 10.0. The largest absolute Gasteiger partial charge is 0.493 e. The van der Waals surface area contributed by atoms with E-state index >= 15 is 0 Å². The number of ether oxygens (including phenoxy) is 2. The van der Waals surface area contributed by atoms with E-state index < -0.39 is 12.0 Å². The molecule has 0 bridgehead atoms. The van der Waals surface area contributed by atoms with Crippen LogP contribution in [0.3, 0.4) is 0 Å². The number of nitrogens with one attached hydrogen (secondary N) is 1. The molecule has 0 saturated carbocycles. The third kappa shape index (κ3) is 4.51. The van der Waals surface area contributed by atoms with Gasteiger partial charge in [0.2, 0.25) is 5.91 Å². The molecule has 0 aliphatic rings. The monoisotopic (exact) mass is 378 g/mol. The van der Waals surface area contributed by atoms with Gasteiger partial charge in [-0.2, -0.15) is 0 Å². The fraction of sp³-hybridized carbons (Fsp3) is 0.389. The maximum Gasteiger partial charge on any atom is 0.326 e. The van der Waals surface area contributed by atoms with Gasteiger partial charge < -0.3 is 19.9 Å². The van der Waals surface area contributed by atoms with Crippen LogP contribution in [0.25, 0.3) is 10.6 Å². The Morgan fingerprint density at radius 2 is 2.00 bits per heavy atom. The Morgan fingerprint density at radius 3 is 2.58 bits per heavy atom. The number of carbonyl (C=O) groups is 2. The molecule has 1 aromatic carbocycles. The molecule has 2 N–H and O–H groups in total. The summed E-state index contributed by atoms with van der Waals surface area (Å²) in [5.41, 5.74) is 1.34. The van der Waals surface area contributed by atoms with Crippen molar-refractivity contribution in [1.82, 2.24) is 10.3 Å². The molecular formula is C18H22N2O5S. The molecule has 2 aromatic rings. The zero-order valence-corrected chi connectivity index (χ0v) is 15.9. The third-order valence-electron chi connectivity index (χ3n) is 3.78. The second-order valence-corrected chi connectivity index (χ2v) is 6.85. The lowest BCUT2D eigenvalue weighted by molar-refractivity contribution is -0.143. The number of carboxylic acids is 1. The summed E-state index contributed by atoms with van der Waals surface area (Å²) >= 11 is 1.38. The van der Waals surface area contributed by atoms with Gasteiger partial charge in [-0.3, -0.25) is 4.79 Å². The SMILES string of the molecule is COc1cccc(-c2nc(CC(=O)N[C@H](C(=O)O)C(C)C)cs2)c1OC. The van der Waals surface area contributed by atoms with Crippen molar-refractivity contribution < 1.29 is 24.2 Å². The van der Waals surface area contributed by atoms with Crippen LogP contribution >= 0.6 is 11.3 Å². The summed E-state index contributed by atoms with van der Waals surface area (Å²) in [6, 6.07) is 4.58. The molecule has 0 saturated heterocycles. The summed E-state index contributed by atoms with van der Waals surface area (Å²) in [4.78, 5) is 27.8. The number of carboxylic acid groups (broad SMARTS) is 1. The first-order valence-corrected chi connectivity index (χ1v) is 8.93. The number of aliphatic carboxylic acids is 1. The van der Waals surface area contributed by atoms with Crippen molar-refractivity contribution in [2.75, 3.05) is 14.2 Å². The highest BCUT2D eigenvalue weighted by Gasteiger charge is 2.24. The van der Waals surface area contributed by atoms with Crippen molar-refractivity contribution in [2.24, 2.45) is 5.92 Å². The van der Waals surface area contributed by atoms with Crippen LogP contribution in [0.1, 0.15) is 19.5 Å². The first kappa shape index (κ1) is 19.7. The summed E-state index contributed by atoms with van der Waals surface area (Å²) in [7, 11) is 3.12. The second-order valence-electron chi connectivity index (χ2n) is 5.99. The van der Waals surface area contributed by atoms with Crippen LogP contribution < -0.4 is 14.8 Å². The first-order valence-electron chi connectivity index (χ1n) is 8.05. The van der Waals surface area contributed by atoms with Crippen LogP contribution in [0.4, 0.5) is 0 Å². The van der Waals surface area contributed by atoms with Gasteiger partial charge in [0.05, 0.1) is 31.9 Å². The summed E-state index contributed by atoms with van der Waals surface area (Å²) in [5.74, 6) is -0.454. The molecule has 1 heterocycles. The molecule has 7 nitrogen and oxygen atoms in total. The summed E-state index contributed by atoms with van der Waals surface area (Å²) < 4.78 is 10.7. The molecule has 0 radical (unpaired) electrons. The number of carbonyl (C=O) groups excluding carboxylic acids is 1. The third-order valence-corrected chi connectivity index (χ3v) is 4.70. The van der Waals surface area contributed by atoms with Crippen LogP contribution in [-0.2, 0) is 16.0 Å². The number of nitrogens with zero attached hydrogens (tertiary/aromatic N) is 1. The van der Waals surface area contributed by atoms with Gasteiger partial charge >= 0.3 is 5.97 Å². The molecule has 1 amide bonds. The van der Waals surface area contributed by atoms with Crippen molar-refractivity contribution in [3.8, 4) is 22.1 Å². The first-order chi connectivity index (χ1) is 12.4. The number of aromatic nitrogens is 1. The zero-order chi connectivity index (χ0) is 19.3. The smallest absolute Gasteiger partial charge is 0.326 e. The van der Waals surface area contributed by atoms with E-state index in [0.717, 1.165) is 5.56 Å². The van der Waals surface area contributed by atoms with E-state index in [-0.39, 0.29) is 18.2 Å². The van der Waals surface area contributed by atoms with E-state index in [9.17, 15) is 9.59 Å². The predicted octanol–water partition coefficient (Wildman–Crippen LogP) is 2.60. The highest BCUT2D eigenvalue weighted by Crippen LogP contribution is 2.38. The Labute approximate surface area is 156 Å². The van der Waals surface area contributed by atoms with E-state index in [1.165, 1.54) is 11.3 Å². The van der Waals surface area contributed by atoms with Crippen molar-refractivity contribution in [3.63, 3.8) is 0 Å². The Kier molecular flexibility index (Phi) is 6.57. The highest BCUT2D eigenvalue weighted by atomic mass is 32.1. The van der Waals surface area contributed by atoms with E-state index in [0.29, 0.717) is 22.2 Å². The minimum atomic E-state index is -1.05. The molecule has 0 spiro atoms. The topological polar surface area (TPSA) is 97.8 Å². The standard InChI is InChI=1S/C18H22N2O5S/c1-10(2)15(18(22)23)20-14(21)8-11-9-26-17(19-11)12-6-5-7-13(24-3)16(12)25-4/h5-7,9-10,15H,8H2,1-4H3,(H,20,21)(H,22,23)/t15-/m0/s1. The number of rotatable bonds is 8. The van der Waals surface area contributed by atoms with Crippen molar-refractivity contribution in [3.05, 3.63) is 29.3 Å². The summed E-state index contributed by atoms with van der Waals surface area (Å²) in [6.45, 7) is 3.49. The second kappa shape index (κ2) is 8.66. The van der Waals surface area contributed by atoms with E-state index in [2.05, 4.69) is 10.3 Å². The number of thiazole rings is 1. The highest BCUT2D eigenvalue weighted by molar-refractivity contribution is 7.13. The van der Waals surface area contributed by atoms with Crippen molar-refractivity contribution in [1.29, 1.82) is 0 Å². The molecule has 0 unspecified atom stereocenters. The minimum Gasteiger partial charge on any atom is -0.493 e. The van der Waals surface area contributed by atoms with Crippen molar-refractivity contribution >= 4 is 23.2 Å². The predicted molar refractivity (Wildman–Crippen MR) is 98.8 cm³/mol. The average Bonchev–Trinajstić information content (AvgIpc) is 3.06. The molecule has 0 fully saturated rings. The van der Waals surface area contributed by atoms with Crippen LogP contribution in [0.5, 0.6) is 11.5 Å². The normalized spacial score (nSPS) is 11.9. The Morgan fingerprint density at radius 1 is 1.27 bits per heavy atom. The maximum absolute atomic E-state index is 12.1. The maximum atomic E-state index is 12.1. The molecule has 26 heavy (non-hydrogen) atoms. The summed E-state index contributed by atoms with van der Waals surface area (Å²) in [6.07, 6.45) is 0.0132. The number of hydrogen-bond acceptors (Lipinski definition) is 6. The molecule has 2 rings (SSSR count). The van der Waals surface area contributed by atoms with Crippen LogP contribution in [0.15, 0.2) is 23.6 Å². The van der Waals surface area contributed by atoms with Crippen molar-refractivity contribution in [2.45, 2.75) is 26.3 Å². The average molecular weight is 378 g/mol. The number of amides is 1. The van der Waals surface area contributed by atoms with Crippen LogP contribution in [0.2, 0.25) is 0 Å². The fourth-order valence-corrected chi connectivity index (χ4v) is 3.31. The number of methoxy groups -OCH3 is 2. The van der Waals surface area contributed by atoms with Gasteiger partial charge in [-0.05, 0) is 18.1 Å². The van der Waals surface area contributed by atoms with E-state index in [1.807, 2.05) is 12.1 Å². The minimum absolute atomic E-state index is 0.0132. The number of benzene rings is 1. The Bertz CT molecular complexity index is 788. The van der Waals surface area contributed by atoms with Gasteiger partial charge in [-0.1, -0.05) is 19.9 Å². The van der Waals surface area contributed by atoms with Crippen LogP contribution in [0, 0.1) is 5.92 Å². The molecule has 0 aliphatic heterocycles. The van der Waals surface area contributed by atoms with Gasteiger partial charge in [0, 0.05) is 5.38 Å². The van der Waals surface area contributed by atoms with E-state index in [4.69, 9.17) is 14.6 Å². The van der Waals surface area contributed by atoms with Gasteiger partial charge in [-0.25, -0.2) is 9.78 Å². The number of hydrogen-bond donors (Lipinski definition) is 2. The molecular weight excluding hydrogens is 356 g/mol. The molecule has 1 aromatic heterocycles. The fourth-order valence-electron chi connectivity index (χ4n) is 2.47. The molecule has 0 aliphatic carbocycles. The molecule has 1 atom stereocenters. The lowest BCUT2D eigenvalue weighted by Crippen LogP contribution is -2.44. The van der Waals surface area contributed by atoms with E-state index in [1.54, 1.807) is 39.5 Å². The lowest BCUT2D eigenvalue weighted by Gasteiger charge is -2.17. The number of para-hydroxylation sites is 1.